The molecule has 0 saturated carbocycles. The van der Waals surface area contributed by atoms with E-state index in [2.05, 4.69) is 39.6 Å². The maximum Gasteiger partial charge on any atom is 0.164 e. The van der Waals surface area contributed by atoms with Gasteiger partial charge in [0.1, 0.15) is 30.2 Å². The number of ether oxygens (including phenoxy) is 1. The van der Waals surface area contributed by atoms with E-state index in [1.807, 2.05) is 29.9 Å². The Kier molecular flexibility index (Phi) is 6.33. The van der Waals surface area contributed by atoms with Crippen LogP contribution in [0, 0.1) is 5.82 Å². The summed E-state index contributed by atoms with van der Waals surface area (Å²) in [4.78, 5) is 6.79. The average Bonchev–Trinajstić information content (AvgIpc) is 3.33. The molecule has 0 amide bonds. The molecule has 0 spiro atoms. The molecule has 2 aliphatic rings. The van der Waals surface area contributed by atoms with Gasteiger partial charge in [-0.25, -0.2) is 9.38 Å². The smallest absolute Gasteiger partial charge is 0.164 e. The van der Waals surface area contributed by atoms with Crippen LogP contribution in [0.2, 0.25) is 0 Å². The summed E-state index contributed by atoms with van der Waals surface area (Å²) >= 11 is 0. The zero-order valence-corrected chi connectivity index (χ0v) is 20.0. The van der Waals surface area contributed by atoms with E-state index in [9.17, 15) is 14.6 Å². The number of anilines is 1. The zero-order valence-electron chi connectivity index (χ0n) is 20.0. The predicted octanol–water partition coefficient (Wildman–Crippen LogP) is 3.50. The van der Waals surface area contributed by atoms with E-state index in [0.29, 0.717) is 12.4 Å². The van der Waals surface area contributed by atoms with Gasteiger partial charge in [0, 0.05) is 23.9 Å². The summed E-state index contributed by atoms with van der Waals surface area (Å²) in [7, 11) is 4.07. The lowest BCUT2D eigenvalue weighted by Gasteiger charge is -2.26. The lowest BCUT2D eigenvalue weighted by atomic mass is 10.0. The third-order valence-electron chi connectivity index (χ3n) is 6.39. The molecule has 0 bridgehead atoms. The first-order valence-electron chi connectivity index (χ1n) is 11.6. The molecule has 35 heavy (non-hydrogen) atoms. The molecule has 4 atom stereocenters. The average molecular weight is 480 g/mol. The van der Waals surface area contributed by atoms with Gasteiger partial charge in [-0.1, -0.05) is 24.3 Å². The van der Waals surface area contributed by atoms with Gasteiger partial charge in [0.2, 0.25) is 0 Å². The molecule has 2 aliphatic heterocycles. The molecular formula is C26H30FN5O3. The second-order valence-electron chi connectivity index (χ2n) is 9.39. The van der Waals surface area contributed by atoms with Crippen molar-refractivity contribution in [2.24, 2.45) is 4.99 Å². The third kappa shape index (κ3) is 4.68. The second kappa shape index (κ2) is 9.43. The van der Waals surface area contributed by atoms with E-state index in [-0.39, 0.29) is 5.82 Å². The van der Waals surface area contributed by atoms with Crippen LogP contribution in [-0.4, -0.2) is 63.4 Å². The normalized spacial score (nSPS) is 23.7. The summed E-state index contributed by atoms with van der Waals surface area (Å²) < 4.78 is 21.0. The number of aliphatic hydroxyl groups excluding tert-OH is 2. The third-order valence-corrected chi connectivity index (χ3v) is 6.39. The quantitative estimate of drug-likeness (QED) is 0.502. The number of rotatable bonds is 6. The maximum absolute atomic E-state index is 13.3. The van der Waals surface area contributed by atoms with Crippen LogP contribution in [0.25, 0.3) is 11.1 Å². The van der Waals surface area contributed by atoms with Gasteiger partial charge in [-0.15, -0.1) is 0 Å². The lowest BCUT2D eigenvalue weighted by molar-refractivity contribution is -0.0308. The van der Waals surface area contributed by atoms with Gasteiger partial charge in [0.15, 0.2) is 6.23 Å². The van der Waals surface area contributed by atoms with Crippen molar-refractivity contribution < 1.29 is 19.3 Å². The summed E-state index contributed by atoms with van der Waals surface area (Å²) in [6.07, 6.45) is 0.310. The van der Waals surface area contributed by atoms with Crippen LogP contribution in [0.5, 0.6) is 0 Å². The van der Waals surface area contributed by atoms with E-state index >= 15 is 0 Å². The number of fused-ring (bicyclic) bond motifs is 1. The summed E-state index contributed by atoms with van der Waals surface area (Å²) in [6.45, 7) is 3.07. The van der Waals surface area contributed by atoms with Crippen molar-refractivity contribution in [3.8, 4) is 11.1 Å². The molecule has 3 heterocycles. The van der Waals surface area contributed by atoms with Crippen molar-refractivity contribution in [1.29, 1.82) is 0 Å². The summed E-state index contributed by atoms with van der Waals surface area (Å²) in [5, 5.41) is 22.8. The molecule has 184 valence electrons. The van der Waals surface area contributed by atoms with Crippen LogP contribution in [-0.2, 0) is 17.8 Å². The lowest BCUT2D eigenvalue weighted by Crippen LogP contribution is -2.31. The van der Waals surface area contributed by atoms with Crippen LogP contribution in [0.3, 0.4) is 0 Å². The van der Waals surface area contributed by atoms with Crippen molar-refractivity contribution in [3.05, 3.63) is 71.7 Å². The van der Waals surface area contributed by atoms with Gasteiger partial charge < -0.3 is 24.4 Å². The fraction of sp³-hybridized carbons (Fsp3) is 0.346. The van der Waals surface area contributed by atoms with Crippen LogP contribution < -0.4 is 5.43 Å². The van der Waals surface area contributed by atoms with Gasteiger partial charge in [0.05, 0.1) is 18.3 Å². The fourth-order valence-electron chi connectivity index (χ4n) is 4.60. The predicted molar refractivity (Wildman–Crippen MR) is 133 cm³/mol. The Morgan fingerprint density at radius 2 is 1.80 bits per heavy atom. The number of nitrogens with zero attached hydrogens (tertiary/aromatic N) is 4. The minimum atomic E-state index is -1.07. The Morgan fingerprint density at radius 1 is 1.09 bits per heavy atom. The topological polar surface area (TPSA) is 85.5 Å². The SMILES string of the molecule is C[C@H]1O[C@@H](n2cc(-c3ccc(CN(C)C)cc3)c3c2N=CN(Nc2ccc(F)cc2)C3)[C@H](O)[C@@H]1O. The first kappa shape index (κ1) is 23.5. The molecule has 5 rings (SSSR count). The van der Waals surface area contributed by atoms with Crippen molar-refractivity contribution in [2.75, 3.05) is 19.5 Å². The van der Waals surface area contributed by atoms with Gasteiger partial charge in [-0.3, -0.25) is 10.4 Å². The number of hydrazine groups is 1. The molecule has 0 radical (unpaired) electrons. The molecule has 0 unspecified atom stereocenters. The minimum absolute atomic E-state index is 0.297. The summed E-state index contributed by atoms with van der Waals surface area (Å²) in [6, 6.07) is 14.5. The highest BCUT2D eigenvalue weighted by Crippen LogP contribution is 2.41. The van der Waals surface area contributed by atoms with Crippen molar-refractivity contribution in [1.82, 2.24) is 14.5 Å². The van der Waals surface area contributed by atoms with Crippen molar-refractivity contribution >= 4 is 17.8 Å². The molecule has 9 heteroatoms. The maximum atomic E-state index is 13.3. The number of nitrogens with one attached hydrogen (secondary N) is 1. The standard InChI is InChI=1S/C26H30FN5O3/c1-16-23(33)24(34)26(35-16)32-14-21(18-6-4-17(5-7-18)12-30(2)3)22-13-31(15-28-25(22)32)29-20-10-8-19(27)9-11-20/h4-11,14-16,23-24,26,29,33-34H,12-13H2,1-3H3/t16-,23-,24-,26-/m1/s1. The number of aromatic nitrogens is 1. The Bertz CT molecular complexity index is 1210. The summed E-state index contributed by atoms with van der Waals surface area (Å²) in [5.41, 5.74) is 8.11. The zero-order chi connectivity index (χ0) is 24.7. The fourth-order valence-corrected chi connectivity index (χ4v) is 4.60. The number of hydrogen-bond acceptors (Lipinski definition) is 7. The molecule has 0 aliphatic carbocycles. The van der Waals surface area contributed by atoms with E-state index in [0.717, 1.165) is 28.9 Å². The molecule has 1 fully saturated rings. The Morgan fingerprint density at radius 3 is 2.43 bits per heavy atom. The molecule has 8 nitrogen and oxygen atoms in total. The van der Waals surface area contributed by atoms with Gasteiger partial charge in [-0.05, 0) is 56.4 Å². The van der Waals surface area contributed by atoms with Gasteiger partial charge in [-0.2, -0.15) is 0 Å². The number of halogens is 1. The van der Waals surface area contributed by atoms with E-state index < -0.39 is 24.5 Å². The Labute approximate surface area is 203 Å². The first-order valence-corrected chi connectivity index (χ1v) is 11.6. The second-order valence-corrected chi connectivity index (χ2v) is 9.39. The van der Waals surface area contributed by atoms with Crippen molar-refractivity contribution in [3.63, 3.8) is 0 Å². The monoisotopic (exact) mass is 479 g/mol. The van der Waals surface area contributed by atoms with Gasteiger partial charge in [0.25, 0.3) is 0 Å². The van der Waals surface area contributed by atoms with Crippen LogP contribution in [0.1, 0.15) is 24.3 Å². The number of aliphatic imine (C=N–C) groups is 1. The number of hydrogen-bond donors (Lipinski definition) is 3. The molecular weight excluding hydrogens is 449 g/mol. The van der Waals surface area contributed by atoms with E-state index in [1.54, 1.807) is 25.4 Å². The van der Waals surface area contributed by atoms with Crippen LogP contribution in [0.4, 0.5) is 15.9 Å². The van der Waals surface area contributed by atoms with Crippen molar-refractivity contribution in [2.45, 2.75) is 44.6 Å². The molecule has 2 aromatic carbocycles. The first-order chi connectivity index (χ1) is 16.8. The highest BCUT2D eigenvalue weighted by atomic mass is 19.1. The van der Waals surface area contributed by atoms with E-state index in [4.69, 9.17) is 4.74 Å². The molecule has 1 saturated heterocycles. The van der Waals surface area contributed by atoms with Crippen LogP contribution in [0.15, 0.2) is 59.7 Å². The minimum Gasteiger partial charge on any atom is -0.388 e. The largest absolute Gasteiger partial charge is 0.388 e. The highest BCUT2D eigenvalue weighted by molar-refractivity contribution is 5.77. The van der Waals surface area contributed by atoms with Gasteiger partial charge >= 0.3 is 0 Å². The van der Waals surface area contributed by atoms with Crippen LogP contribution >= 0.6 is 0 Å². The number of benzene rings is 2. The molecule has 3 N–H and O–H groups in total. The summed E-state index contributed by atoms with van der Waals surface area (Å²) in [5.74, 6) is 0.369. The molecule has 1 aromatic heterocycles. The highest BCUT2D eigenvalue weighted by Gasteiger charge is 2.42. The Balaban J connectivity index is 1.50. The number of aliphatic hydroxyl groups is 2. The molecule has 3 aromatic rings. The van der Waals surface area contributed by atoms with E-state index in [1.165, 1.54) is 17.7 Å². The Hall–Kier alpha value is -3.24.